The average Bonchev–Trinajstić information content (AvgIpc) is 2.09. The first-order valence-corrected chi connectivity index (χ1v) is 4.10. The summed E-state index contributed by atoms with van der Waals surface area (Å²) in [7, 11) is 0. The van der Waals surface area contributed by atoms with E-state index in [0.29, 0.717) is 6.41 Å². The van der Waals surface area contributed by atoms with Crippen molar-refractivity contribution in [1.29, 1.82) is 0 Å². The van der Waals surface area contributed by atoms with Gasteiger partial charge in [0.25, 0.3) is 0 Å². The van der Waals surface area contributed by atoms with Crippen LogP contribution in [0.1, 0.15) is 19.4 Å². The van der Waals surface area contributed by atoms with Crippen LogP contribution in [0.3, 0.4) is 0 Å². The highest BCUT2D eigenvalue weighted by atomic mass is 16.1. The average molecular weight is 165 g/mol. The van der Waals surface area contributed by atoms with Gasteiger partial charge in [0.05, 0.1) is 0 Å². The molecule has 0 atom stereocenters. The molecule has 0 radical (unpaired) electrons. The van der Waals surface area contributed by atoms with Gasteiger partial charge >= 0.3 is 0 Å². The number of carbonyl (C=O) groups excluding carboxylic acids is 1. The molecule has 0 aliphatic heterocycles. The van der Waals surface area contributed by atoms with E-state index in [1.165, 1.54) is 0 Å². The molecule has 0 heterocycles. The van der Waals surface area contributed by atoms with Gasteiger partial charge in [0.15, 0.2) is 0 Å². The zero-order chi connectivity index (χ0) is 9.40. The number of nitrogens with one attached hydrogen (secondary N) is 1. The Morgan fingerprint density at radius 2 is 2.00 bits per heavy atom. The van der Waals surface area contributed by atoms with Gasteiger partial charge in [-0.2, -0.15) is 0 Å². The molecule has 1 aromatic carbocycles. The summed E-state index contributed by atoms with van der Waals surface area (Å²) in [5, 5.41) is 2.57. The molecule has 0 bridgehead atoms. The van der Waals surface area contributed by atoms with E-state index in [4.69, 9.17) is 0 Å². The fourth-order valence-corrected chi connectivity index (χ4v) is 0.803. The van der Waals surface area contributed by atoms with Gasteiger partial charge in [-0.05, 0) is 24.6 Å². The van der Waals surface area contributed by atoms with Crippen molar-refractivity contribution in [1.82, 2.24) is 0 Å². The van der Waals surface area contributed by atoms with E-state index in [-0.39, 0.29) is 0 Å². The Hall–Kier alpha value is -1.31. The van der Waals surface area contributed by atoms with Crippen LogP contribution in [0, 0.1) is 6.92 Å². The summed E-state index contributed by atoms with van der Waals surface area (Å²) < 4.78 is 0. The van der Waals surface area contributed by atoms with E-state index in [1.54, 1.807) is 0 Å². The van der Waals surface area contributed by atoms with Gasteiger partial charge in [0, 0.05) is 5.69 Å². The molecule has 12 heavy (non-hydrogen) atoms. The molecule has 2 heteroatoms. The van der Waals surface area contributed by atoms with Gasteiger partial charge < -0.3 is 5.32 Å². The summed E-state index contributed by atoms with van der Waals surface area (Å²) in [6, 6.07) is 7.65. The lowest BCUT2D eigenvalue weighted by atomic mass is 10.2. The lowest BCUT2D eigenvalue weighted by Gasteiger charge is -1.97. The molecule has 0 aliphatic carbocycles. The van der Waals surface area contributed by atoms with Crippen LogP contribution in [0.25, 0.3) is 0 Å². The minimum absolute atomic E-state index is 0.675. The van der Waals surface area contributed by atoms with Crippen LogP contribution in [0.4, 0.5) is 5.69 Å². The van der Waals surface area contributed by atoms with Crippen LogP contribution < -0.4 is 5.32 Å². The van der Waals surface area contributed by atoms with Crippen molar-refractivity contribution in [2.24, 2.45) is 0 Å². The predicted octanol–water partition coefficient (Wildman–Crippen LogP) is 2.59. The third kappa shape index (κ3) is 3.76. The van der Waals surface area contributed by atoms with Gasteiger partial charge in [0.2, 0.25) is 6.41 Å². The molecule has 0 aliphatic rings. The molecule has 0 spiro atoms. The normalized spacial score (nSPS) is 7.92. The molecular formula is C10H15NO. The Morgan fingerprint density at radius 3 is 2.50 bits per heavy atom. The third-order valence-electron chi connectivity index (χ3n) is 1.24. The van der Waals surface area contributed by atoms with Gasteiger partial charge in [-0.25, -0.2) is 0 Å². The molecule has 1 amide bonds. The summed E-state index contributed by atoms with van der Waals surface area (Å²) in [6.45, 7) is 5.98. The second kappa shape index (κ2) is 6.40. The highest BCUT2D eigenvalue weighted by molar-refractivity contribution is 5.71. The zero-order valence-electron chi connectivity index (χ0n) is 7.79. The lowest BCUT2D eigenvalue weighted by Crippen LogP contribution is -1.92. The lowest BCUT2D eigenvalue weighted by molar-refractivity contribution is -0.105. The van der Waals surface area contributed by atoms with Crippen molar-refractivity contribution in [2.75, 3.05) is 5.32 Å². The SMILES string of the molecule is CC.Cc1cccc(NC=O)c1. The van der Waals surface area contributed by atoms with Crippen LogP contribution in [0.2, 0.25) is 0 Å². The summed E-state index contributed by atoms with van der Waals surface area (Å²) in [6.07, 6.45) is 0.675. The van der Waals surface area contributed by atoms with Gasteiger partial charge in [-0.1, -0.05) is 26.0 Å². The summed E-state index contributed by atoms with van der Waals surface area (Å²) in [4.78, 5) is 9.97. The number of amides is 1. The van der Waals surface area contributed by atoms with Gasteiger partial charge in [-0.15, -0.1) is 0 Å². The van der Waals surface area contributed by atoms with E-state index >= 15 is 0 Å². The van der Waals surface area contributed by atoms with Crippen molar-refractivity contribution >= 4 is 12.1 Å². The molecule has 0 aromatic heterocycles. The van der Waals surface area contributed by atoms with Crippen LogP contribution in [0.15, 0.2) is 24.3 Å². The molecule has 1 N–H and O–H groups in total. The monoisotopic (exact) mass is 165 g/mol. The van der Waals surface area contributed by atoms with Gasteiger partial charge in [0.1, 0.15) is 0 Å². The number of carbonyl (C=O) groups is 1. The molecule has 0 saturated carbocycles. The second-order valence-electron chi connectivity index (χ2n) is 2.13. The predicted molar refractivity (Wildman–Crippen MR) is 52.2 cm³/mol. The minimum atomic E-state index is 0.675. The van der Waals surface area contributed by atoms with E-state index in [0.717, 1.165) is 11.3 Å². The summed E-state index contributed by atoms with van der Waals surface area (Å²) in [5.74, 6) is 0. The van der Waals surface area contributed by atoms with Crippen molar-refractivity contribution < 1.29 is 4.79 Å². The van der Waals surface area contributed by atoms with Crippen LogP contribution in [-0.4, -0.2) is 6.41 Å². The second-order valence-corrected chi connectivity index (χ2v) is 2.13. The standard InChI is InChI=1S/C8H9NO.C2H6/c1-7-3-2-4-8(5-7)9-6-10;1-2/h2-6H,1H3,(H,9,10);1-2H3. The molecule has 1 aromatic rings. The zero-order valence-corrected chi connectivity index (χ0v) is 7.79. The Morgan fingerprint density at radius 1 is 1.33 bits per heavy atom. The fourth-order valence-electron chi connectivity index (χ4n) is 0.803. The molecule has 1 rings (SSSR count). The maximum Gasteiger partial charge on any atom is 0.211 e. The van der Waals surface area contributed by atoms with Gasteiger partial charge in [-0.3, -0.25) is 4.79 Å². The van der Waals surface area contributed by atoms with E-state index < -0.39 is 0 Å². The van der Waals surface area contributed by atoms with Crippen molar-refractivity contribution in [3.05, 3.63) is 29.8 Å². The van der Waals surface area contributed by atoms with E-state index in [9.17, 15) is 4.79 Å². The molecule has 2 nitrogen and oxygen atoms in total. The molecule has 66 valence electrons. The maximum absolute atomic E-state index is 9.97. The van der Waals surface area contributed by atoms with Crippen molar-refractivity contribution in [3.63, 3.8) is 0 Å². The first kappa shape index (κ1) is 10.7. The highest BCUT2D eigenvalue weighted by Gasteiger charge is 1.87. The highest BCUT2D eigenvalue weighted by Crippen LogP contribution is 2.07. The largest absolute Gasteiger partial charge is 0.329 e. The summed E-state index contributed by atoms with van der Waals surface area (Å²) in [5.41, 5.74) is 1.99. The van der Waals surface area contributed by atoms with E-state index in [1.807, 2.05) is 45.0 Å². The number of hydrogen-bond donors (Lipinski definition) is 1. The van der Waals surface area contributed by atoms with Crippen LogP contribution in [0.5, 0.6) is 0 Å². The number of rotatable bonds is 2. The quantitative estimate of drug-likeness (QED) is 0.670. The Kier molecular flexibility index (Phi) is 5.70. The molecule has 0 saturated heterocycles. The van der Waals surface area contributed by atoms with E-state index in [2.05, 4.69) is 5.32 Å². The molecule has 0 unspecified atom stereocenters. The molecular weight excluding hydrogens is 150 g/mol. The smallest absolute Gasteiger partial charge is 0.211 e. The first-order chi connectivity index (χ1) is 5.83. The van der Waals surface area contributed by atoms with Crippen molar-refractivity contribution in [3.8, 4) is 0 Å². The number of hydrogen-bond acceptors (Lipinski definition) is 1. The summed E-state index contributed by atoms with van der Waals surface area (Å²) >= 11 is 0. The van der Waals surface area contributed by atoms with Crippen LogP contribution in [-0.2, 0) is 4.79 Å². The minimum Gasteiger partial charge on any atom is -0.329 e. The number of anilines is 1. The number of aryl methyl sites for hydroxylation is 1. The molecule has 0 fully saturated rings. The first-order valence-electron chi connectivity index (χ1n) is 4.10. The third-order valence-corrected chi connectivity index (χ3v) is 1.24. The van der Waals surface area contributed by atoms with Crippen LogP contribution >= 0.6 is 0 Å². The Labute approximate surface area is 73.6 Å². The van der Waals surface area contributed by atoms with Crippen molar-refractivity contribution in [2.45, 2.75) is 20.8 Å². The topological polar surface area (TPSA) is 29.1 Å². The Balaban J connectivity index is 0.000000561. The number of benzene rings is 1. The Bertz CT molecular complexity index is 233. The fraction of sp³-hybridized carbons (Fsp3) is 0.300. The maximum atomic E-state index is 9.97.